The zero-order valence-corrected chi connectivity index (χ0v) is 16.5. The Hall–Kier alpha value is -2.25. The molecule has 1 aromatic carbocycles. The van der Waals surface area contributed by atoms with Crippen LogP contribution in [0.3, 0.4) is 0 Å². The first kappa shape index (κ1) is 18.1. The fourth-order valence-electron chi connectivity index (χ4n) is 3.98. The molecule has 0 radical (unpaired) electrons. The first-order valence-corrected chi connectivity index (χ1v) is 10.8. The fraction of sp³-hybridized carbons (Fsp3) is 0.400. The van der Waals surface area contributed by atoms with E-state index in [2.05, 4.69) is 19.3 Å². The Morgan fingerprint density at radius 3 is 2.56 bits per heavy atom. The maximum Gasteiger partial charge on any atom is 0.240 e. The van der Waals surface area contributed by atoms with Crippen molar-refractivity contribution < 1.29 is 8.42 Å². The minimum absolute atomic E-state index is 0.155. The lowest BCUT2D eigenvalue weighted by Crippen LogP contribution is -2.26. The minimum atomic E-state index is -3.60. The lowest BCUT2D eigenvalue weighted by molar-refractivity contribution is 0.502. The van der Waals surface area contributed by atoms with Crippen LogP contribution in [0, 0.1) is 13.8 Å². The molecule has 142 valence electrons. The van der Waals surface area contributed by atoms with Gasteiger partial charge in [-0.15, -0.1) is 0 Å². The van der Waals surface area contributed by atoms with E-state index in [0.29, 0.717) is 10.9 Å². The van der Waals surface area contributed by atoms with E-state index >= 15 is 0 Å². The molecule has 6 nitrogen and oxygen atoms in total. The van der Waals surface area contributed by atoms with Crippen LogP contribution in [0.15, 0.2) is 41.4 Å². The molecule has 0 spiro atoms. The van der Waals surface area contributed by atoms with Gasteiger partial charge in [0.15, 0.2) is 5.65 Å². The second kappa shape index (κ2) is 7.05. The molecular formula is C20H24N4O2S. The summed E-state index contributed by atoms with van der Waals surface area (Å²) in [7, 11) is -3.60. The van der Waals surface area contributed by atoms with Gasteiger partial charge in [0.05, 0.1) is 11.4 Å². The molecular weight excluding hydrogens is 360 g/mol. The molecule has 1 aliphatic rings. The maximum atomic E-state index is 12.8. The zero-order valence-electron chi connectivity index (χ0n) is 15.6. The van der Waals surface area contributed by atoms with Gasteiger partial charge in [-0.05, 0) is 62.1 Å². The van der Waals surface area contributed by atoms with E-state index in [0.717, 1.165) is 41.0 Å². The van der Waals surface area contributed by atoms with E-state index in [4.69, 9.17) is 0 Å². The van der Waals surface area contributed by atoms with E-state index < -0.39 is 10.0 Å². The number of benzene rings is 1. The maximum absolute atomic E-state index is 12.8. The van der Waals surface area contributed by atoms with Gasteiger partial charge in [0, 0.05) is 12.2 Å². The van der Waals surface area contributed by atoms with Gasteiger partial charge in [0.2, 0.25) is 10.0 Å². The van der Waals surface area contributed by atoms with Gasteiger partial charge in [-0.3, -0.25) is 0 Å². The Bertz CT molecular complexity index is 1060. The first-order chi connectivity index (χ1) is 12.9. The molecule has 0 saturated heterocycles. The van der Waals surface area contributed by atoms with Crippen molar-refractivity contribution in [3.63, 3.8) is 0 Å². The highest BCUT2D eigenvalue weighted by Crippen LogP contribution is 2.33. The molecule has 1 aliphatic carbocycles. The number of rotatable bonds is 5. The quantitative estimate of drug-likeness (QED) is 0.728. The second-order valence-electron chi connectivity index (χ2n) is 7.33. The molecule has 0 atom stereocenters. The smallest absolute Gasteiger partial charge is 0.240 e. The van der Waals surface area contributed by atoms with Crippen LogP contribution in [0.5, 0.6) is 0 Å². The second-order valence-corrected chi connectivity index (χ2v) is 9.10. The van der Waals surface area contributed by atoms with Gasteiger partial charge in [0.1, 0.15) is 11.3 Å². The molecule has 3 aromatic rings. The summed E-state index contributed by atoms with van der Waals surface area (Å²) in [4.78, 5) is 9.45. The highest BCUT2D eigenvalue weighted by Gasteiger charge is 2.24. The van der Waals surface area contributed by atoms with Gasteiger partial charge in [-0.25, -0.2) is 23.1 Å². The summed E-state index contributed by atoms with van der Waals surface area (Å²) in [5, 5.41) is 0. The largest absolute Gasteiger partial charge is 0.308 e. The number of nitrogens with zero attached hydrogens (tertiary/aromatic N) is 3. The average molecular weight is 385 g/mol. The van der Waals surface area contributed by atoms with Crippen LogP contribution in [0.25, 0.3) is 11.2 Å². The van der Waals surface area contributed by atoms with Crippen molar-refractivity contribution >= 4 is 21.2 Å². The highest BCUT2D eigenvalue weighted by molar-refractivity contribution is 7.89. The number of hydrogen-bond acceptors (Lipinski definition) is 4. The van der Waals surface area contributed by atoms with Crippen molar-refractivity contribution in [2.24, 2.45) is 0 Å². The minimum Gasteiger partial charge on any atom is -0.308 e. The average Bonchev–Trinajstić information content (AvgIpc) is 3.26. The molecule has 0 aliphatic heterocycles. The Labute approximate surface area is 159 Å². The summed E-state index contributed by atoms with van der Waals surface area (Å²) in [6, 6.07) is 9.47. The Morgan fingerprint density at radius 1 is 1.15 bits per heavy atom. The van der Waals surface area contributed by atoms with Crippen LogP contribution < -0.4 is 4.72 Å². The van der Waals surface area contributed by atoms with Crippen molar-refractivity contribution in [2.75, 3.05) is 0 Å². The number of aryl methyl sites for hydroxylation is 2. The summed E-state index contributed by atoms with van der Waals surface area (Å²) in [6.07, 6.45) is 6.30. The number of sulfonamides is 1. The van der Waals surface area contributed by atoms with Crippen LogP contribution in [-0.4, -0.2) is 23.0 Å². The number of aromatic nitrogens is 3. The van der Waals surface area contributed by atoms with E-state index in [-0.39, 0.29) is 6.54 Å². The molecule has 0 bridgehead atoms. The monoisotopic (exact) mass is 384 g/mol. The number of pyridine rings is 1. The van der Waals surface area contributed by atoms with Crippen molar-refractivity contribution in [3.05, 3.63) is 53.5 Å². The molecule has 0 amide bonds. The van der Waals surface area contributed by atoms with Gasteiger partial charge in [-0.1, -0.05) is 18.9 Å². The third-order valence-corrected chi connectivity index (χ3v) is 6.52. The van der Waals surface area contributed by atoms with Crippen LogP contribution in [0.4, 0.5) is 0 Å². The van der Waals surface area contributed by atoms with Crippen LogP contribution >= 0.6 is 0 Å². The standard InChI is InChI=1S/C20H24N4O2S/c1-14-10-15(2)12-17(11-14)27(25,26)22-13-19-23-18-8-5-9-21-20(18)24(19)16-6-3-4-7-16/h5,8-12,16,22H,3-4,6-7,13H2,1-2H3. The van der Waals surface area contributed by atoms with Crippen molar-refractivity contribution in [1.29, 1.82) is 0 Å². The molecule has 2 aromatic heterocycles. The summed E-state index contributed by atoms with van der Waals surface area (Å²) in [5.41, 5.74) is 3.51. The lowest BCUT2D eigenvalue weighted by atomic mass is 10.2. The van der Waals surface area contributed by atoms with E-state index in [1.807, 2.05) is 32.0 Å². The predicted octanol–water partition coefficient (Wildman–Crippen LogP) is 3.64. The Morgan fingerprint density at radius 2 is 1.85 bits per heavy atom. The predicted molar refractivity (Wildman–Crippen MR) is 105 cm³/mol. The number of nitrogens with one attached hydrogen (secondary N) is 1. The summed E-state index contributed by atoms with van der Waals surface area (Å²) < 4.78 is 30.5. The third kappa shape index (κ3) is 3.61. The van der Waals surface area contributed by atoms with E-state index in [9.17, 15) is 8.42 Å². The first-order valence-electron chi connectivity index (χ1n) is 9.34. The Balaban J connectivity index is 1.66. The summed E-state index contributed by atoms with van der Waals surface area (Å²) in [5.74, 6) is 0.726. The third-order valence-electron chi connectivity index (χ3n) is 5.14. The van der Waals surface area contributed by atoms with Gasteiger partial charge >= 0.3 is 0 Å². The fourth-order valence-corrected chi connectivity index (χ4v) is 5.15. The highest BCUT2D eigenvalue weighted by atomic mass is 32.2. The molecule has 2 heterocycles. The van der Waals surface area contributed by atoms with Crippen molar-refractivity contribution in [2.45, 2.75) is 57.0 Å². The van der Waals surface area contributed by atoms with Crippen molar-refractivity contribution in [1.82, 2.24) is 19.3 Å². The SMILES string of the molecule is Cc1cc(C)cc(S(=O)(=O)NCc2nc3cccnc3n2C2CCCC2)c1. The van der Waals surface area contributed by atoms with Crippen LogP contribution in [-0.2, 0) is 16.6 Å². The Kier molecular flexibility index (Phi) is 4.74. The summed E-state index contributed by atoms with van der Waals surface area (Å²) in [6.45, 7) is 3.95. The topological polar surface area (TPSA) is 76.9 Å². The van der Waals surface area contributed by atoms with Gasteiger partial charge < -0.3 is 4.57 Å². The summed E-state index contributed by atoms with van der Waals surface area (Å²) >= 11 is 0. The molecule has 7 heteroatoms. The zero-order chi connectivity index (χ0) is 19.0. The number of fused-ring (bicyclic) bond motifs is 1. The van der Waals surface area contributed by atoms with E-state index in [1.54, 1.807) is 18.3 Å². The molecule has 0 unspecified atom stereocenters. The van der Waals surface area contributed by atoms with Crippen LogP contribution in [0.2, 0.25) is 0 Å². The normalized spacial score (nSPS) is 15.6. The van der Waals surface area contributed by atoms with Crippen molar-refractivity contribution in [3.8, 4) is 0 Å². The number of imidazole rings is 1. The molecule has 27 heavy (non-hydrogen) atoms. The van der Waals surface area contributed by atoms with Crippen LogP contribution in [0.1, 0.15) is 48.7 Å². The molecule has 4 rings (SSSR count). The molecule has 1 fully saturated rings. The van der Waals surface area contributed by atoms with Gasteiger partial charge in [0.25, 0.3) is 0 Å². The molecule has 1 saturated carbocycles. The number of hydrogen-bond donors (Lipinski definition) is 1. The lowest BCUT2D eigenvalue weighted by Gasteiger charge is -2.16. The molecule has 1 N–H and O–H groups in total. The van der Waals surface area contributed by atoms with E-state index in [1.165, 1.54) is 12.8 Å². The van der Waals surface area contributed by atoms with Gasteiger partial charge in [-0.2, -0.15) is 0 Å².